The molecule has 0 amide bonds. The van der Waals surface area contributed by atoms with Crippen LogP contribution in [0.1, 0.15) is 10.4 Å². The highest BCUT2D eigenvalue weighted by Crippen LogP contribution is 2.32. The molecule has 19 heavy (non-hydrogen) atoms. The molecule has 0 spiro atoms. The Morgan fingerprint density at radius 3 is 2.63 bits per heavy atom. The predicted molar refractivity (Wildman–Crippen MR) is 77.9 cm³/mol. The molecule has 0 aliphatic carbocycles. The number of carbonyl (C=O) groups excluding carboxylic acids is 1. The maximum atomic E-state index is 12.1. The third-order valence-electron chi connectivity index (χ3n) is 2.58. The van der Waals surface area contributed by atoms with E-state index in [0.29, 0.717) is 9.90 Å². The van der Waals surface area contributed by atoms with Crippen LogP contribution in [-0.4, -0.2) is 15.2 Å². The number of rotatable bonds is 2. The highest BCUT2D eigenvalue weighted by molar-refractivity contribution is 8.15. The second kappa shape index (κ2) is 5.03. The summed E-state index contributed by atoms with van der Waals surface area (Å²) in [6.45, 7) is 0. The summed E-state index contributed by atoms with van der Waals surface area (Å²) in [5.74, 6) is 0.00103. The number of phenolic OH excluding ortho intramolecular Hbond substituents is 1. The van der Waals surface area contributed by atoms with Crippen molar-refractivity contribution in [3.8, 4) is 5.75 Å². The molecule has 0 bridgehead atoms. The van der Waals surface area contributed by atoms with Crippen LogP contribution in [0.25, 0.3) is 10.2 Å². The molecule has 0 saturated carbocycles. The second-order valence-corrected chi connectivity index (χ2v) is 6.10. The van der Waals surface area contributed by atoms with Crippen LogP contribution in [-0.2, 0) is 0 Å². The van der Waals surface area contributed by atoms with E-state index in [4.69, 9.17) is 0 Å². The van der Waals surface area contributed by atoms with Crippen LogP contribution in [0.3, 0.4) is 0 Å². The van der Waals surface area contributed by atoms with Gasteiger partial charge in [0.15, 0.2) is 4.34 Å². The number of hydrogen-bond acceptors (Lipinski definition) is 5. The van der Waals surface area contributed by atoms with E-state index < -0.39 is 0 Å². The first-order chi connectivity index (χ1) is 9.24. The minimum atomic E-state index is -0.197. The van der Waals surface area contributed by atoms with E-state index in [1.807, 2.05) is 24.3 Å². The van der Waals surface area contributed by atoms with Crippen molar-refractivity contribution in [2.24, 2.45) is 0 Å². The van der Waals surface area contributed by atoms with Gasteiger partial charge in [-0.15, -0.1) is 11.3 Å². The number of fused-ring (bicyclic) bond motifs is 1. The van der Waals surface area contributed by atoms with Gasteiger partial charge in [-0.1, -0.05) is 24.3 Å². The maximum Gasteiger partial charge on any atom is 0.230 e. The van der Waals surface area contributed by atoms with Crippen LogP contribution in [0.4, 0.5) is 0 Å². The van der Waals surface area contributed by atoms with Gasteiger partial charge in [-0.2, -0.15) is 0 Å². The summed E-state index contributed by atoms with van der Waals surface area (Å²) >= 11 is 2.52. The first-order valence-electron chi connectivity index (χ1n) is 5.60. The number of aromatic hydroxyl groups is 1. The number of para-hydroxylation sites is 2. The van der Waals surface area contributed by atoms with Crippen LogP contribution in [0, 0.1) is 0 Å². The fourth-order valence-corrected chi connectivity index (χ4v) is 3.62. The molecule has 5 heteroatoms. The summed E-state index contributed by atoms with van der Waals surface area (Å²) in [6, 6.07) is 14.3. The number of nitrogens with zero attached hydrogens (tertiary/aromatic N) is 1. The molecule has 1 heterocycles. The number of thioether (sulfide) groups is 1. The monoisotopic (exact) mass is 287 g/mol. The Morgan fingerprint density at radius 1 is 1.11 bits per heavy atom. The maximum absolute atomic E-state index is 12.1. The van der Waals surface area contributed by atoms with E-state index >= 15 is 0 Å². The number of carbonyl (C=O) groups is 1. The summed E-state index contributed by atoms with van der Waals surface area (Å²) in [5.41, 5.74) is 1.20. The van der Waals surface area contributed by atoms with Crippen LogP contribution in [0.5, 0.6) is 5.75 Å². The molecule has 1 aromatic heterocycles. The summed E-state index contributed by atoms with van der Waals surface area (Å²) in [7, 11) is 0. The van der Waals surface area contributed by atoms with Crippen LogP contribution >= 0.6 is 23.1 Å². The molecule has 0 unspecified atom stereocenters. The van der Waals surface area contributed by atoms with Crippen LogP contribution in [0.15, 0.2) is 52.9 Å². The normalized spacial score (nSPS) is 10.7. The van der Waals surface area contributed by atoms with Crippen molar-refractivity contribution in [2.75, 3.05) is 0 Å². The molecule has 3 aromatic rings. The van der Waals surface area contributed by atoms with Gasteiger partial charge in [0, 0.05) is 0 Å². The van der Waals surface area contributed by atoms with Crippen LogP contribution in [0.2, 0.25) is 0 Å². The van der Waals surface area contributed by atoms with E-state index in [1.165, 1.54) is 17.4 Å². The van der Waals surface area contributed by atoms with Gasteiger partial charge in [0.05, 0.1) is 15.8 Å². The van der Waals surface area contributed by atoms with Gasteiger partial charge in [0.1, 0.15) is 5.75 Å². The second-order valence-electron chi connectivity index (χ2n) is 3.85. The van der Waals surface area contributed by atoms with Crippen molar-refractivity contribution in [1.82, 2.24) is 4.98 Å². The zero-order chi connectivity index (χ0) is 13.2. The highest BCUT2D eigenvalue weighted by Gasteiger charge is 2.14. The van der Waals surface area contributed by atoms with Crippen molar-refractivity contribution in [3.63, 3.8) is 0 Å². The number of benzene rings is 2. The fourth-order valence-electron chi connectivity index (χ4n) is 1.68. The van der Waals surface area contributed by atoms with E-state index in [-0.39, 0.29) is 10.9 Å². The molecule has 0 saturated heterocycles. The van der Waals surface area contributed by atoms with E-state index in [0.717, 1.165) is 22.0 Å². The predicted octanol–water partition coefficient (Wildman–Crippen LogP) is 3.93. The van der Waals surface area contributed by atoms with Crippen molar-refractivity contribution >= 4 is 38.4 Å². The topological polar surface area (TPSA) is 50.2 Å². The SMILES string of the molecule is O=C(Sc1nc2ccccc2s1)c1ccccc1O. The molecule has 1 N–H and O–H groups in total. The average Bonchev–Trinajstić information content (AvgIpc) is 2.81. The van der Waals surface area contributed by atoms with E-state index in [9.17, 15) is 9.90 Å². The first-order valence-corrected chi connectivity index (χ1v) is 7.23. The summed E-state index contributed by atoms with van der Waals surface area (Å²) < 4.78 is 1.74. The summed E-state index contributed by atoms with van der Waals surface area (Å²) in [4.78, 5) is 16.5. The lowest BCUT2D eigenvalue weighted by molar-refractivity contribution is 0.108. The van der Waals surface area contributed by atoms with E-state index in [1.54, 1.807) is 18.2 Å². The highest BCUT2D eigenvalue weighted by atomic mass is 32.2. The Bertz CT molecular complexity index is 719. The number of thiazole rings is 1. The standard InChI is InChI=1S/C14H9NO2S2/c16-11-7-3-1-5-9(11)13(17)19-14-15-10-6-2-4-8-12(10)18-14/h1-8,16H. The van der Waals surface area contributed by atoms with Crippen molar-refractivity contribution in [2.45, 2.75) is 4.34 Å². The molecule has 94 valence electrons. The van der Waals surface area contributed by atoms with Crippen LogP contribution < -0.4 is 0 Å². The Hall–Kier alpha value is -1.85. The largest absolute Gasteiger partial charge is 0.507 e. The minimum absolute atomic E-state index is 0.00103. The quantitative estimate of drug-likeness (QED) is 0.725. The lowest BCUT2D eigenvalue weighted by Crippen LogP contribution is -1.92. The summed E-state index contributed by atoms with van der Waals surface area (Å²) in [5, 5.41) is 9.45. The average molecular weight is 287 g/mol. The third kappa shape index (κ3) is 2.47. The lowest BCUT2D eigenvalue weighted by Gasteiger charge is -2.00. The molecule has 0 radical (unpaired) electrons. The number of hydrogen-bond donors (Lipinski definition) is 1. The smallest absolute Gasteiger partial charge is 0.230 e. The van der Waals surface area contributed by atoms with Crippen molar-refractivity contribution < 1.29 is 9.90 Å². The Labute approximate surface area is 117 Å². The third-order valence-corrected chi connectivity index (χ3v) is 4.58. The van der Waals surface area contributed by atoms with Gasteiger partial charge in [-0.05, 0) is 36.0 Å². The fraction of sp³-hybridized carbons (Fsp3) is 0. The number of phenols is 1. The molecule has 3 rings (SSSR count). The molecule has 0 aliphatic heterocycles. The Balaban J connectivity index is 1.89. The zero-order valence-electron chi connectivity index (χ0n) is 9.74. The molecule has 0 atom stereocenters. The lowest BCUT2D eigenvalue weighted by atomic mass is 10.2. The van der Waals surface area contributed by atoms with E-state index in [2.05, 4.69) is 4.98 Å². The molecule has 0 aliphatic rings. The van der Waals surface area contributed by atoms with Crippen molar-refractivity contribution in [1.29, 1.82) is 0 Å². The minimum Gasteiger partial charge on any atom is -0.507 e. The molecular weight excluding hydrogens is 278 g/mol. The Morgan fingerprint density at radius 2 is 1.84 bits per heavy atom. The number of aromatic nitrogens is 1. The van der Waals surface area contributed by atoms with Gasteiger partial charge in [0.25, 0.3) is 0 Å². The van der Waals surface area contributed by atoms with Gasteiger partial charge in [-0.25, -0.2) is 4.98 Å². The molecule has 3 nitrogen and oxygen atoms in total. The molecular formula is C14H9NO2S2. The van der Waals surface area contributed by atoms with Gasteiger partial charge in [-0.3, -0.25) is 4.79 Å². The first kappa shape index (κ1) is 12.2. The zero-order valence-corrected chi connectivity index (χ0v) is 11.4. The van der Waals surface area contributed by atoms with Gasteiger partial charge >= 0.3 is 0 Å². The summed E-state index contributed by atoms with van der Waals surface area (Å²) in [6.07, 6.45) is 0. The van der Waals surface area contributed by atoms with Gasteiger partial charge in [0.2, 0.25) is 5.12 Å². The molecule has 0 fully saturated rings. The van der Waals surface area contributed by atoms with Gasteiger partial charge < -0.3 is 5.11 Å². The molecule has 2 aromatic carbocycles. The van der Waals surface area contributed by atoms with Crippen molar-refractivity contribution in [3.05, 3.63) is 54.1 Å². The Kier molecular flexibility index (Phi) is 3.23.